The monoisotopic (exact) mass is 421 g/mol. The van der Waals surface area contributed by atoms with Crippen LogP contribution in [0.3, 0.4) is 0 Å². The van der Waals surface area contributed by atoms with Crippen molar-refractivity contribution in [3.8, 4) is 0 Å². The smallest absolute Gasteiger partial charge is 0.222 e. The SMILES string of the molecule is CCCC(C)(C)Cc1ccc2c(c1)CC(c1ccnc(NCCCC(C)(C)C)n1)CC2. The van der Waals surface area contributed by atoms with Gasteiger partial charge in [-0.1, -0.05) is 66.2 Å². The lowest BCUT2D eigenvalue weighted by molar-refractivity contribution is 0.329. The van der Waals surface area contributed by atoms with Gasteiger partial charge in [0.25, 0.3) is 0 Å². The van der Waals surface area contributed by atoms with Gasteiger partial charge in [0, 0.05) is 24.4 Å². The quantitative estimate of drug-likeness (QED) is 0.430. The van der Waals surface area contributed by atoms with Crippen molar-refractivity contribution in [2.75, 3.05) is 11.9 Å². The molecule has 0 bridgehead atoms. The summed E-state index contributed by atoms with van der Waals surface area (Å²) in [4.78, 5) is 9.35. The summed E-state index contributed by atoms with van der Waals surface area (Å²) < 4.78 is 0. The van der Waals surface area contributed by atoms with Gasteiger partial charge in [0.15, 0.2) is 0 Å². The molecule has 1 aliphatic rings. The second-order valence-corrected chi connectivity index (χ2v) is 11.5. The van der Waals surface area contributed by atoms with Crippen LogP contribution in [0, 0.1) is 10.8 Å². The summed E-state index contributed by atoms with van der Waals surface area (Å²) in [6.07, 6.45) is 11.4. The zero-order chi connectivity index (χ0) is 22.5. The molecule has 3 rings (SSSR count). The van der Waals surface area contributed by atoms with Crippen molar-refractivity contribution >= 4 is 5.95 Å². The van der Waals surface area contributed by atoms with E-state index >= 15 is 0 Å². The molecule has 0 radical (unpaired) electrons. The summed E-state index contributed by atoms with van der Waals surface area (Å²) in [6, 6.07) is 9.34. The first kappa shape index (κ1) is 23.8. The summed E-state index contributed by atoms with van der Waals surface area (Å²) in [5.74, 6) is 1.27. The highest BCUT2D eigenvalue weighted by Crippen LogP contribution is 2.34. The molecule has 170 valence electrons. The lowest BCUT2D eigenvalue weighted by atomic mass is 9.78. The normalized spacial score (nSPS) is 16.8. The van der Waals surface area contributed by atoms with Gasteiger partial charge in [-0.15, -0.1) is 0 Å². The predicted molar refractivity (Wildman–Crippen MR) is 133 cm³/mol. The molecule has 0 amide bonds. The van der Waals surface area contributed by atoms with Crippen LogP contribution in [-0.2, 0) is 19.3 Å². The minimum atomic E-state index is 0.372. The van der Waals surface area contributed by atoms with Gasteiger partial charge in [0.1, 0.15) is 0 Å². The Hall–Kier alpha value is -1.90. The highest BCUT2D eigenvalue weighted by atomic mass is 15.1. The Morgan fingerprint density at radius 2 is 1.84 bits per heavy atom. The average molecular weight is 422 g/mol. The average Bonchev–Trinajstić information content (AvgIpc) is 2.70. The van der Waals surface area contributed by atoms with Crippen LogP contribution in [0.15, 0.2) is 30.5 Å². The first-order chi connectivity index (χ1) is 14.6. The van der Waals surface area contributed by atoms with E-state index in [1.54, 1.807) is 0 Å². The molecular weight excluding hydrogens is 378 g/mol. The van der Waals surface area contributed by atoms with Crippen molar-refractivity contribution in [1.82, 2.24) is 9.97 Å². The van der Waals surface area contributed by atoms with E-state index in [1.807, 2.05) is 6.20 Å². The second-order valence-electron chi connectivity index (χ2n) is 11.5. The van der Waals surface area contributed by atoms with E-state index in [-0.39, 0.29) is 0 Å². The number of hydrogen-bond donors (Lipinski definition) is 1. The van der Waals surface area contributed by atoms with Crippen LogP contribution in [-0.4, -0.2) is 16.5 Å². The van der Waals surface area contributed by atoms with Gasteiger partial charge < -0.3 is 5.32 Å². The zero-order valence-corrected chi connectivity index (χ0v) is 20.7. The number of aryl methyl sites for hydroxylation is 1. The number of nitrogens with one attached hydrogen (secondary N) is 1. The van der Waals surface area contributed by atoms with Crippen LogP contribution in [0.5, 0.6) is 0 Å². The Balaban J connectivity index is 1.64. The van der Waals surface area contributed by atoms with Crippen LogP contribution in [0.1, 0.15) is 102 Å². The van der Waals surface area contributed by atoms with Gasteiger partial charge in [-0.05, 0) is 78.5 Å². The molecule has 1 heterocycles. The molecule has 1 atom stereocenters. The van der Waals surface area contributed by atoms with Crippen molar-refractivity contribution in [1.29, 1.82) is 0 Å². The highest BCUT2D eigenvalue weighted by molar-refractivity contribution is 5.37. The maximum Gasteiger partial charge on any atom is 0.222 e. The fraction of sp³-hybridized carbons (Fsp3) is 0.643. The Morgan fingerprint density at radius 1 is 1.03 bits per heavy atom. The lowest BCUT2D eigenvalue weighted by Crippen LogP contribution is -2.17. The minimum Gasteiger partial charge on any atom is -0.354 e. The van der Waals surface area contributed by atoms with Crippen molar-refractivity contribution in [2.24, 2.45) is 10.8 Å². The molecule has 1 N–H and O–H groups in total. The first-order valence-electron chi connectivity index (χ1n) is 12.3. The molecule has 31 heavy (non-hydrogen) atoms. The maximum atomic E-state index is 4.89. The van der Waals surface area contributed by atoms with Crippen molar-refractivity contribution in [3.05, 3.63) is 52.8 Å². The third kappa shape index (κ3) is 7.33. The van der Waals surface area contributed by atoms with E-state index in [9.17, 15) is 0 Å². The highest BCUT2D eigenvalue weighted by Gasteiger charge is 2.23. The Labute approximate surface area is 190 Å². The number of rotatable bonds is 9. The molecule has 1 aromatic carbocycles. The molecule has 1 aliphatic carbocycles. The number of hydrogen-bond acceptors (Lipinski definition) is 3. The van der Waals surface area contributed by atoms with Crippen LogP contribution in [0.2, 0.25) is 0 Å². The van der Waals surface area contributed by atoms with Gasteiger partial charge in [-0.3, -0.25) is 0 Å². The molecule has 1 unspecified atom stereocenters. The Morgan fingerprint density at radius 3 is 2.58 bits per heavy atom. The number of benzene rings is 1. The Kier molecular flexibility index (Phi) is 7.78. The second kappa shape index (κ2) is 10.1. The van der Waals surface area contributed by atoms with Gasteiger partial charge in [-0.25, -0.2) is 9.97 Å². The van der Waals surface area contributed by atoms with E-state index in [0.717, 1.165) is 38.2 Å². The molecule has 0 saturated heterocycles. The molecule has 1 aromatic heterocycles. The van der Waals surface area contributed by atoms with E-state index in [2.05, 4.69) is 76.1 Å². The minimum absolute atomic E-state index is 0.372. The molecular formula is C28H43N3. The first-order valence-corrected chi connectivity index (χ1v) is 12.3. The third-order valence-electron chi connectivity index (χ3n) is 6.59. The van der Waals surface area contributed by atoms with Crippen LogP contribution >= 0.6 is 0 Å². The standard InChI is InChI=1S/C28H43N3/c1-7-14-28(5,6)20-21-9-10-22-11-12-23(19-24(22)18-21)25-13-17-30-26(31-25)29-16-8-15-27(2,3)4/h9-10,13,17-18,23H,7-8,11-12,14-16,19-20H2,1-6H3,(H,29,30,31). The van der Waals surface area contributed by atoms with Gasteiger partial charge >= 0.3 is 0 Å². The molecule has 3 heteroatoms. The number of fused-ring (bicyclic) bond motifs is 1. The van der Waals surface area contributed by atoms with Gasteiger partial charge in [0.05, 0.1) is 0 Å². The third-order valence-corrected chi connectivity index (χ3v) is 6.59. The molecule has 0 aliphatic heterocycles. The largest absolute Gasteiger partial charge is 0.354 e. The number of aromatic nitrogens is 2. The van der Waals surface area contributed by atoms with Crippen molar-refractivity contribution in [2.45, 2.75) is 98.8 Å². The summed E-state index contributed by atoms with van der Waals surface area (Å²) in [5, 5.41) is 3.44. The summed E-state index contributed by atoms with van der Waals surface area (Å²) in [5.41, 5.74) is 6.49. The van der Waals surface area contributed by atoms with E-state index in [4.69, 9.17) is 4.98 Å². The molecule has 3 nitrogen and oxygen atoms in total. The summed E-state index contributed by atoms with van der Waals surface area (Å²) in [7, 11) is 0. The molecule has 0 fully saturated rings. The van der Waals surface area contributed by atoms with Gasteiger partial charge in [0.2, 0.25) is 5.95 Å². The molecule has 2 aromatic rings. The zero-order valence-electron chi connectivity index (χ0n) is 20.7. The summed E-state index contributed by atoms with van der Waals surface area (Å²) in [6.45, 7) is 14.9. The summed E-state index contributed by atoms with van der Waals surface area (Å²) >= 11 is 0. The van der Waals surface area contributed by atoms with Crippen molar-refractivity contribution < 1.29 is 0 Å². The van der Waals surface area contributed by atoms with Crippen LogP contribution in [0.4, 0.5) is 5.95 Å². The van der Waals surface area contributed by atoms with Crippen molar-refractivity contribution in [3.63, 3.8) is 0 Å². The Bertz CT molecular complexity index is 848. The van der Waals surface area contributed by atoms with Gasteiger partial charge in [-0.2, -0.15) is 0 Å². The predicted octanol–water partition coefficient (Wildman–Crippen LogP) is 7.36. The van der Waals surface area contributed by atoms with E-state index < -0.39 is 0 Å². The maximum absolute atomic E-state index is 4.89. The van der Waals surface area contributed by atoms with E-state index in [1.165, 1.54) is 48.1 Å². The fourth-order valence-corrected chi connectivity index (χ4v) is 4.99. The molecule has 0 saturated carbocycles. The van der Waals surface area contributed by atoms with Crippen LogP contribution in [0.25, 0.3) is 0 Å². The fourth-order valence-electron chi connectivity index (χ4n) is 4.99. The lowest BCUT2D eigenvalue weighted by Gasteiger charge is -2.27. The van der Waals surface area contributed by atoms with E-state index in [0.29, 0.717) is 16.7 Å². The topological polar surface area (TPSA) is 37.8 Å². The number of anilines is 1. The number of nitrogens with zero attached hydrogens (tertiary/aromatic N) is 2. The molecule has 0 spiro atoms. The van der Waals surface area contributed by atoms with Crippen LogP contribution < -0.4 is 5.32 Å².